The van der Waals surface area contributed by atoms with Gasteiger partial charge in [-0.25, -0.2) is 0 Å². The van der Waals surface area contributed by atoms with Gasteiger partial charge in [0, 0.05) is 12.6 Å². The van der Waals surface area contributed by atoms with Gasteiger partial charge in [-0.3, -0.25) is 4.90 Å². The van der Waals surface area contributed by atoms with Gasteiger partial charge in [0.05, 0.1) is 6.10 Å². The first-order chi connectivity index (χ1) is 8.63. The Morgan fingerprint density at radius 1 is 1.32 bits per heavy atom. The second-order valence-corrected chi connectivity index (χ2v) is 5.43. The van der Waals surface area contributed by atoms with Crippen molar-refractivity contribution >= 4 is 12.4 Å². The van der Waals surface area contributed by atoms with Crippen LogP contribution in [0.4, 0.5) is 0 Å². The van der Waals surface area contributed by atoms with E-state index in [1.807, 2.05) is 6.07 Å². The van der Waals surface area contributed by atoms with Crippen LogP contribution in [0.25, 0.3) is 0 Å². The summed E-state index contributed by atoms with van der Waals surface area (Å²) < 4.78 is 5.72. The van der Waals surface area contributed by atoms with Crippen molar-refractivity contribution in [2.45, 2.75) is 45.4 Å². The van der Waals surface area contributed by atoms with Gasteiger partial charge in [0.25, 0.3) is 0 Å². The summed E-state index contributed by atoms with van der Waals surface area (Å²) in [7, 11) is 0. The van der Waals surface area contributed by atoms with Crippen LogP contribution in [-0.2, 0) is 6.54 Å². The molecule has 0 unspecified atom stereocenters. The van der Waals surface area contributed by atoms with Crippen molar-refractivity contribution in [1.82, 2.24) is 4.90 Å². The molecule has 1 aliphatic rings. The molecule has 1 aliphatic heterocycles. The number of rotatable bonds is 4. The van der Waals surface area contributed by atoms with E-state index in [1.54, 1.807) is 0 Å². The Bertz CT molecular complexity index is 376. The Morgan fingerprint density at radius 3 is 2.63 bits per heavy atom. The minimum Gasteiger partial charge on any atom is -0.491 e. The summed E-state index contributed by atoms with van der Waals surface area (Å²) in [6.07, 6.45) is 2.46. The monoisotopic (exact) mass is 284 g/mol. The molecular weight excluding hydrogens is 260 g/mol. The van der Waals surface area contributed by atoms with Crippen LogP contribution in [0.15, 0.2) is 24.3 Å². The molecule has 2 N–H and O–H groups in total. The van der Waals surface area contributed by atoms with E-state index in [-0.39, 0.29) is 18.5 Å². The van der Waals surface area contributed by atoms with Gasteiger partial charge in [-0.2, -0.15) is 0 Å². The quantitative estimate of drug-likeness (QED) is 0.924. The molecule has 0 atom stereocenters. The van der Waals surface area contributed by atoms with Gasteiger partial charge in [0.1, 0.15) is 5.75 Å². The average Bonchev–Trinajstić information content (AvgIpc) is 2.32. The minimum atomic E-state index is 0. The predicted octanol–water partition coefficient (Wildman–Crippen LogP) is 2.82. The molecule has 0 saturated carbocycles. The molecule has 19 heavy (non-hydrogen) atoms. The molecule has 1 fully saturated rings. The van der Waals surface area contributed by atoms with Gasteiger partial charge < -0.3 is 10.5 Å². The highest BCUT2D eigenvalue weighted by Crippen LogP contribution is 2.18. The SMILES string of the molecule is CC(C)Oc1cccc(CN2CCC(N)CC2)c1.Cl. The molecular formula is C15H25ClN2O. The van der Waals surface area contributed by atoms with Crippen LogP contribution in [-0.4, -0.2) is 30.1 Å². The molecule has 0 amide bonds. The number of halogens is 1. The van der Waals surface area contributed by atoms with E-state index >= 15 is 0 Å². The Morgan fingerprint density at radius 2 is 2.00 bits per heavy atom. The first-order valence-electron chi connectivity index (χ1n) is 6.87. The van der Waals surface area contributed by atoms with Gasteiger partial charge in [0.2, 0.25) is 0 Å². The van der Waals surface area contributed by atoms with Crippen LogP contribution >= 0.6 is 12.4 Å². The predicted molar refractivity (Wildman–Crippen MR) is 81.9 cm³/mol. The maximum atomic E-state index is 5.92. The topological polar surface area (TPSA) is 38.5 Å². The number of nitrogens with zero attached hydrogens (tertiary/aromatic N) is 1. The van der Waals surface area contributed by atoms with Crippen molar-refractivity contribution in [2.75, 3.05) is 13.1 Å². The molecule has 1 saturated heterocycles. The van der Waals surface area contributed by atoms with E-state index in [1.165, 1.54) is 5.56 Å². The fraction of sp³-hybridized carbons (Fsp3) is 0.600. The van der Waals surface area contributed by atoms with Crippen LogP contribution in [0, 0.1) is 0 Å². The second kappa shape index (κ2) is 7.73. The van der Waals surface area contributed by atoms with Crippen molar-refractivity contribution in [2.24, 2.45) is 5.73 Å². The van der Waals surface area contributed by atoms with Crippen molar-refractivity contribution in [3.8, 4) is 5.75 Å². The number of benzene rings is 1. The van der Waals surface area contributed by atoms with Crippen LogP contribution in [0.2, 0.25) is 0 Å². The number of likely N-dealkylation sites (tertiary alicyclic amines) is 1. The molecule has 108 valence electrons. The number of hydrogen-bond acceptors (Lipinski definition) is 3. The number of piperidine rings is 1. The fourth-order valence-corrected chi connectivity index (χ4v) is 2.36. The lowest BCUT2D eigenvalue weighted by Crippen LogP contribution is -2.39. The molecule has 0 bridgehead atoms. The average molecular weight is 285 g/mol. The highest BCUT2D eigenvalue weighted by molar-refractivity contribution is 5.85. The summed E-state index contributed by atoms with van der Waals surface area (Å²) in [6.45, 7) is 7.33. The zero-order valence-corrected chi connectivity index (χ0v) is 12.7. The van der Waals surface area contributed by atoms with E-state index in [9.17, 15) is 0 Å². The van der Waals surface area contributed by atoms with Crippen molar-refractivity contribution in [3.05, 3.63) is 29.8 Å². The van der Waals surface area contributed by atoms with Crippen molar-refractivity contribution in [3.63, 3.8) is 0 Å². The Kier molecular flexibility index (Phi) is 6.63. The molecule has 4 heteroatoms. The first kappa shape index (κ1) is 16.3. The van der Waals surface area contributed by atoms with E-state index in [0.29, 0.717) is 6.04 Å². The lowest BCUT2D eigenvalue weighted by molar-refractivity contribution is 0.204. The normalized spacial score (nSPS) is 17.3. The maximum Gasteiger partial charge on any atom is 0.120 e. The lowest BCUT2D eigenvalue weighted by atomic mass is 10.1. The zero-order chi connectivity index (χ0) is 13.0. The zero-order valence-electron chi connectivity index (χ0n) is 11.8. The Labute approximate surface area is 122 Å². The van der Waals surface area contributed by atoms with E-state index in [4.69, 9.17) is 10.5 Å². The van der Waals surface area contributed by atoms with Crippen LogP contribution in [0.5, 0.6) is 5.75 Å². The van der Waals surface area contributed by atoms with E-state index in [2.05, 4.69) is 36.9 Å². The van der Waals surface area contributed by atoms with Gasteiger partial charge in [0.15, 0.2) is 0 Å². The highest BCUT2D eigenvalue weighted by atomic mass is 35.5. The Balaban J connectivity index is 0.00000180. The molecule has 0 aliphatic carbocycles. The summed E-state index contributed by atoms with van der Waals surface area (Å²) in [4.78, 5) is 2.47. The van der Waals surface area contributed by atoms with Gasteiger partial charge in [-0.05, 0) is 57.5 Å². The summed E-state index contributed by atoms with van der Waals surface area (Å²) in [5, 5.41) is 0. The molecule has 1 aromatic rings. The maximum absolute atomic E-state index is 5.92. The van der Waals surface area contributed by atoms with E-state index < -0.39 is 0 Å². The largest absolute Gasteiger partial charge is 0.491 e. The first-order valence-corrected chi connectivity index (χ1v) is 6.87. The van der Waals surface area contributed by atoms with Crippen molar-refractivity contribution in [1.29, 1.82) is 0 Å². The van der Waals surface area contributed by atoms with Crippen molar-refractivity contribution < 1.29 is 4.74 Å². The molecule has 0 spiro atoms. The second-order valence-electron chi connectivity index (χ2n) is 5.43. The van der Waals surface area contributed by atoms with Gasteiger partial charge in [-0.1, -0.05) is 12.1 Å². The standard InChI is InChI=1S/C15H24N2O.ClH/c1-12(2)18-15-5-3-4-13(10-15)11-17-8-6-14(16)7-9-17;/h3-5,10,12,14H,6-9,11,16H2,1-2H3;1H. The molecule has 2 rings (SSSR count). The van der Waals surface area contributed by atoms with Crippen LogP contribution < -0.4 is 10.5 Å². The molecule has 0 aromatic heterocycles. The summed E-state index contributed by atoms with van der Waals surface area (Å²) in [5.74, 6) is 0.969. The van der Waals surface area contributed by atoms with Gasteiger partial charge >= 0.3 is 0 Å². The molecule has 0 radical (unpaired) electrons. The summed E-state index contributed by atoms with van der Waals surface area (Å²) in [5.41, 5.74) is 7.25. The minimum absolute atomic E-state index is 0. The van der Waals surface area contributed by atoms with E-state index in [0.717, 1.165) is 38.2 Å². The summed E-state index contributed by atoms with van der Waals surface area (Å²) >= 11 is 0. The molecule has 1 aromatic carbocycles. The Hall–Kier alpha value is -0.770. The van der Waals surface area contributed by atoms with Crippen LogP contribution in [0.1, 0.15) is 32.3 Å². The third kappa shape index (κ3) is 5.39. The van der Waals surface area contributed by atoms with Crippen LogP contribution in [0.3, 0.4) is 0 Å². The number of hydrogen-bond donors (Lipinski definition) is 1. The highest BCUT2D eigenvalue weighted by Gasteiger charge is 2.16. The third-order valence-corrected chi connectivity index (χ3v) is 3.31. The fourth-order valence-electron chi connectivity index (χ4n) is 2.36. The third-order valence-electron chi connectivity index (χ3n) is 3.31. The lowest BCUT2D eigenvalue weighted by Gasteiger charge is -2.30. The number of ether oxygens (including phenoxy) is 1. The smallest absolute Gasteiger partial charge is 0.120 e. The summed E-state index contributed by atoms with van der Waals surface area (Å²) in [6, 6.07) is 8.81. The molecule has 3 nitrogen and oxygen atoms in total. The number of nitrogens with two attached hydrogens (primary N) is 1. The van der Waals surface area contributed by atoms with Gasteiger partial charge in [-0.15, -0.1) is 12.4 Å². The molecule has 1 heterocycles.